The molecule has 7 nitrogen and oxygen atoms in total. The number of carbonyl (C=O) groups excluding carboxylic acids is 3. The number of ether oxygens (including phenoxy) is 1. The maximum absolute atomic E-state index is 11.9. The minimum Gasteiger partial charge on any atom is -0.484 e. The second kappa shape index (κ2) is 11.3. The molecule has 0 heterocycles. The Balaban J connectivity index is 1.66. The molecule has 2 aromatic rings. The van der Waals surface area contributed by atoms with E-state index in [-0.39, 0.29) is 19.4 Å². The monoisotopic (exact) mass is 437 g/mol. The molecule has 0 radical (unpaired) electrons. The number of benzene rings is 2. The van der Waals surface area contributed by atoms with Crippen LogP contribution < -0.4 is 20.9 Å². The Hall–Kier alpha value is -2.77. The predicted octanol–water partition coefficient (Wildman–Crippen LogP) is 3.50. The van der Waals surface area contributed by atoms with Crippen LogP contribution in [0, 0.1) is 0 Å². The third-order valence-corrected chi connectivity index (χ3v) is 4.35. The van der Waals surface area contributed by atoms with Crippen LogP contribution in [0.1, 0.15) is 25.3 Å². The van der Waals surface area contributed by atoms with E-state index < -0.39 is 17.7 Å². The van der Waals surface area contributed by atoms with E-state index in [1.54, 1.807) is 18.2 Å². The maximum atomic E-state index is 11.9. The van der Waals surface area contributed by atoms with Crippen LogP contribution in [0.25, 0.3) is 0 Å². The molecule has 0 saturated heterocycles. The normalized spacial score (nSPS) is 10.2. The van der Waals surface area contributed by atoms with Crippen molar-refractivity contribution in [1.29, 1.82) is 0 Å². The molecule has 0 aromatic heterocycles. The van der Waals surface area contributed by atoms with E-state index in [1.165, 1.54) is 6.07 Å². The summed E-state index contributed by atoms with van der Waals surface area (Å²) in [6, 6.07) is 12.1. The van der Waals surface area contributed by atoms with Gasteiger partial charge in [0, 0.05) is 17.9 Å². The molecule has 29 heavy (non-hydrogen) atoms. The third-order valence-electron chi connectivity index (χ3n) is 3.80. The van der Waals surface area contributed by atoms with Gasteiger partial charge in [0.05, 0.1) is 10.7 Å². The first-order valence-electron chi connectivity index (χ1n) is 8.91. The van der Waals surface area contributed by atoms with Crippen molar-refractivity contribution in [3.8, 4) is 5.75 Å². The van der Waals surface area contributed by atoms with Crippen LogP contribution in [-0.2, 0) is 20.8 Å². The maximum Gasteiger partial charge on any atom is 0.276 e. The molecule has 9 heteroatoms. The molecule has 0 aliphatic rings. The lowest BCUT2D eigenvalue weighted by molar-refractivity contribution is -0.130. The van der Waals surface area contributed by atoms with E-state index in [0.717, 1.165) is 12.0 Å². The highest BCUT2D eigenvalue weighted by Crippen LogP contribution is 2.25. The van der Waals surface area contributed by atoms with Crippen molar-refractivity contribution in [2.75, 3.05) is 11.9 Å². The molecule has 0 unspecified atom stereocenters. The van der Waals surface area contributed by atoms with E-state index in [0.29, 0.717) is 21.5 Å². The first-order chi connectivity index (χ1) is 13.9. The van der Waals surface area contributed by atoms with Gasteiger partial charge in [0.1, 0.15) is 5.75 Å². The van der Waals surface area contributed by atoms with E-state index in [2.05, 4.69) is 16.2 Å². The van der Waals surface area contributed by atoms with Gasteiger partial charge >= 0.3 is 0 Å². The van der Waals surface area contributed by atoms with Gasteiger partial charge in [0.2, 0.25) is 11.8 Å². The number of rotatable bonds is 8. The average Bonchev–Trinajstić information content (AvgIpc) is 2.71. The van der Waals surface area contributed by atoms with Gasteiger partial charge in [-0.05, 0) is 42.3 Å². The van der Waals surface area contributed by atoms with Crippen LogP contribution in [0.4, 0.5) is 5.69 Å². The number of hydrogen-bond acceptors (Lipinski definition) is 4. The van der Waals surface area contributed by atoms with Crippen LogP contribution in [0.2, 0.25) is 10.0 Å². The van der Waals surface area contributed by atoms with E-state index >= 15 is 0 Å². The molecule has 0 aliphatic carbocycles. The van der Waals surface area contributed by atoms with Gasteiger partial charge in [-0.1, -0.05) is 42.3 Å². The summed E-state index contributed by atoms with van der Waals surface area (Å²) in [5.74, 6) is -0.848. The van der Waals surface area contributed by atoms with Crippen LogP contribution in [-0.4, -0.2) is 24.3 Å². The molecule has 0 atom stereocenters. The zero-order valence-corrected chi connectivity index (χ0v) is 17.3. The van der Waals surface area contributed by atoms with Crippen molar-refractivity contribution >= 4 is 46.6 Å². The number of halogens is 2. The number of carbonyl (C=O) groups is 3. The summed E-state index contributed by atoms with van der Waals surface area (Å²) in [5, 5.41) is 3.34. The van der Waals surface area contributed by atoms with Crippen molar-refractivity contribution in [2.24, 2.45) is 0 Å². The lowest BCUT2D eigenvalue weighted by Gasteiger charge is -2.10. The second-order valence-corrected chi connectivity index (χ2v) is 6.90. The molecule has 0 spiro atoms. The Bertz CT molecular complexity index is 890. The highest BCUT2D eigenvalue weighted by Gasteiger charge is 2.10. The van der Waals surface area contributed by atoms with Crippen LogP contribution in [0.5, 0.6) is 5.75 Å². The largest absolute Gasteiger partial charge is 0.484 e. The summed E-state index contributed by atoms with van der Waals surface area (Å²) in [6.07, 6.45) is 0.662. The van der Waals surface area contributed by atoms with Crippen molar-refractivity contribution in [2.45, 2.75) is 26.2 Å². The van der Waals surface area contributed by atoms with Gasteiger partial charge in [0.25, 0.3) is 5.91 Å². The lowest BCUT2D eigenvalue weighted by Crippen LogP contribution is -2.44. The third kappa shape index (κ3) is 8.01. The fraction of sp³-hybridized carbons (Fsp3) is 0.250. The smallest absolute Gasteiger partial charge is 0.276 e. The number of aryl methyl sites for hydroxylation is 1. The molecule has 3 N–H and O–H groups in total. The number of hydrazine groups is 1. The molecular formula is C20H21Cl2N3O4. The molecule has 0 aliphatic heterocycles. The second-order valence-electron chi connectivity index (χ2n) is 6.06. The molecule has 3 amide bonds. The summed E-state index contributed by atoms with van der Waals surface area (Å²) >= 11 is 11.8. The number of nitrogens with one attached hydrogen (secondary N) is 3. The summed E-state index contributed by atoms with van der Waals surface area (Å²) < 4.78 is 5.38. The van der Waals surface area contributed by atoms with Gasteiger partial charge < -0.3 is 10.1 Å². The van der Waals surface area contributed by atoms with Gasteiger partial charge in [-0.2, -0.15) is 0 Å². The van der Waals surface area contributed by atoms with Gasteiger partial charge in [-0.15, -0.1) is 0 Å². The number of hydrogen-bond donors (Lipinski definition) is 3. The Labute approximate surface area is 178 Å². The fourth-order valence-corrected chi connectivity index (χ4v) is 2.73. The molecule has 0 saturated carbocycles. The SMILES string of the molecule is CCc1cccc(OCC(=O)NNC(=O)CCC(=O)Nc2ccc(Cl)cc2Cl)c1. The summed E-state index contributed by atoms with van der Waals surface area (Å²) in [4.78, 5) is 35.5. The number of amides is 3. The van der Waals surface area contributed by atoms with Crippen molar-refractivity contribution in [3.05, 3.63) is 58.1 Å². The van der Waals surface area contributed by atoms with E-state index in [4.69, 9.17) is 27.9 Å². The van der Waals surface area contributed by atoms with Crippen molar-refractivity contribution in [3.63, 3.8) is 0 Å². The molecule has 154 valence electrons. The molecular weight excluding hydrogens is 417 g/mol. The zero-order valence-electron chi connectivity index (χ0n) is 15.8. The summed E-state index contributed by atoms with van der Waals surface area (Å²) in [6.45, 7) is 1.77. The first-order valence-corrected chi connectivity index (χ1v) is 9.67. The van der Waals surface area contributed by atoms with Crippen molar-refractivity contribution in [1.82, 2.24) is 10.9 Å². The van der Waals surface area contributed by atoms with Crippen molar-refractivity contribution < 1.29 is 19.1 Å². The first kappa shape index (κ1) is 22.5. The quantitative estimate of drug-likeness (QED) is 0.550. The van der Waals surface area contributed by atoms with Crippen LogP contribution in [0.3, 0.4) is 0 Å². The minimum absolute atomic E-state index is 0.0824. The van der Waals surface area contributed by atoms with E-state index in [9.17, 15) is 14.4 Å². The van der Waals surface area contributed by atoms with Crippen LogP contribution in [0.15, 0.2) is 42.5 Å². The van der Waals surface area contributed by atoms with Gasteiger partial charge in [-0.3, -0.25) is 25.2 Å². The Morgan fingerprint density at radius 1 is 0.931 bits per heavy atom. The summed E-state index contributed by atoms with van der Waals surface area (Å²) in [5.41, 5.74) is 5.97. The van der Waals surface area contributed by atoms with Crippen LogP contribution >= 0.6 is 23.2 Å². The fourth-order valence-electron chi connectivity index (χ4n) is 2.27. The summed E-state index contributed by atoms with van der Waals surface area (Å²) in [7, 11) is 0. The lowest BCUT2D eigenvalue weighted by atomic mass is 10.2. The zero-order chi connectivity index (χ0) is 21.2. The highest BCUT2D eigenvalue weighted by atomic mass is 35.5. The molecule has 2 rings (SSSR count). The highest BCUT2D eigenvalue weighted by molar-refractivity contribution is 6.36. The van der Waals surface area contributed by atoms with Gasteiger partial charge in [0.15, 0.2) is 6.61 Å². The van der Waals surface area contributed by atoms with Gasteiger partial charge in [-0.25, -0.2) is 0 Å². The molecule has 2 aromatic carbocycles. The molecule has 0 fully saturated rings. The van der Waals surface area contributed by atoms with E-state index in [1.807, 2.05) is 25.1 Å². The minimum atomic E-state index is -0.516. The number of anilines is 1. The standard InChI is InChI=1S/C20H21Cl2N3O4/c1-2-13-4-3-5-15(10-13)29-12-20(28)25-24-19(27)9-8-18(26)23-17-7-6-14(21)11-16(17)22/h3-7,10-11H,2,8-9,12H2,1H3,(H,23,26)(H,24,27)(H,25,28). The Kier molecular flexibility index (Phi) is 8.76. The average molecular weight is 438 g/mol. The Morgan fingerprint density at radius 2 is 1.66 bits per heavy atom. The predicted molar refractivity (Wildman–Crippen MR) is 112 cm³/mol. The Morgan fingerprint density at radius 3 is 2.38 bits per heavy atom. The topological polar surface area (TPSA) is 96.5 Å². The molecule has 0 bridgehead atoms.